The molecular formula is C22H20N4S. The van der Waals surface area contributed by atoms with Crippen LogP contribution in [0.2, 0.25) is 0 Å². The first kappa shape index (κ1) is 17.2. The molecule has 5 heteroatoms. The Hall–Kier alpha value is -3.18. The number of nitrogens with zero attached hydrogens (tertiary/aromatic N) is 2. The molecule has 0 aliphatic carbocycles. The first-order valence-electron chi connectivity index (χ1n) is 8.82. The lowest BCUT2D eigenvalue weighted by Crippen LogP contribution is -2.18. The Kier molecular flexibility index (Phi) is 4.85. The van der Waals surface area contributed by atoms with Crippen molar-refractivity contribution >= 4 is 39.5 Å². The molecule has 27 heavy (non-hydrogen) atoms. The number of hydrogen-bond acceptors (Lipinski definition) is 2. The number of fused-ring (bicyclic) bond motifs is 1. The van der Waals surface area contributed by atoms with Gasteiger partial charge in [0.1, 0.15) is 0 Å². The van der Waals surface area contributed by atoms with Crippen LogP contribution >= 0.6 is 12.2 Å². The van der Waals surface area contributed by atoms with Gasteiger partial charge in [-0.25, -0.2) is 0 Å². The summed E-state index contributed by atoms with van der Waals surface area (Å²) in [5.41, 5.74) is 4.36. The minimum atomic E-state index is 0.543. The Bertz CT molecular complexity index is 1090. The Balaban J connectivity index is 1.44. The van der Waals surface area contributed by atoms with Gasteiger partial charge >= 0.3 is 0 Å². The highest BCUT2D eigenvalue weighted by molar-refractivity contribution is 7.80. The molecule has 1 heterocycles. The highest BCUT2D eigenvalue weighted by Crippen LogP contribution is 2.23. The number of benzene rings is 3. The summed E-state index contributed by atoms with van der Waals surface area (Å²) in [6.07, 6.45) is 3.75. The molecule has 0 saturated heterocycles. The van der Waals surface area contributed by atoms with E-state index in [4.69, 9.17) is 12.2 Å². The van der Waals surface area contributed by atoms with Crippen LogP contribution in [-0.2, 0) is 6.54 Å². The maximum atomic E-state index is 5.48. The largest absolute Gasteiger partial charge is 0.332 e. The van der Waals surface area contributed by atoms with E-state index in [1.54, 1.807) is 6.20 Å². The average molecular weight is 372 g/mol. The number of anilines is 2. The fourth-order valence-corrected chi connectivity index (χ4v) is 3.32. The zero-order chi connectivity index (χ0) is 18.6. The quantitative estimate of drug-likeness (QED) is 0.483. The van der Waals surface area contributed by atoms with Crippen molar-refractivity contribution in [3.63, 3.8) is 0 Å². The van der Waals surface area contributed by atoms with E-state index in [1.807, 2.05) is 47.3 Å². The maximum Gasteiger partial charge on any atom is 0.175 e. The van der Waals surface area contributed by atoms with Crippen molar-refractivity contribution in [3.8, 4) is 0 Å². The van der Waals surface area contributed by atoms with E-state index in [1.165, 1.54) is 16.5 Å². The van der Waals surface area contributed by atoms with E-state index < -0.39 is 0 Å². The van der Waals surface area contributed by atoms with Gasteiger partial charge in [-0.2, -0.15) is 5.10 Å². The summed E-state index contributed by atoms with van der Waals surface area (Å²) in [6, 6.07) is 22.7. The van der Waals surface area contributed by atoms with E-state index in [-0.39, 0.29) is 0 Å². The van der Waals surface area contributed by atoms with Crippen LogP contribution in [0.3, 0.4) is 0 Å². The van der Waals surface area contributed by atoms with Crippen molar-refractivity contribution in [1.29, 1.82) is 0 Å². The standard InChI is InChI=1S/C22H20N4S/c1-16-7-2-3-9-18(16)14-26-15-19(13-23-26)24-22(27)25-21-12-6-10-17-8-4-5-11-20(17)21/h2-13,15H,14H2,1H3,(H2,24,25,27). The second-order valence-electron chi connectivity index (χ2n) is 6.46. The molecule has 0 bridgehead atoms. The van der Waals surface area contributed by atoms with E-state index in [0.29, 0.717) is 5.11 Å². The Labute approximate surface area is 163 Å². The molecule has 4 nitrogen and oxygen atoms in total. The van der Waals surface area contributed by atoms with E-state index in [9.17, 15) is 0 Å². The van der Waals surface area contributed by atoms with Crippen LogP contribution in [0.15, 0.2) is 79.1 Å². The molecule has 3 aromatic carbocycles. The molecule has 0 saturated carbocycles. The summed E-state index contributed by atoms with van der Waals surface area (Å²) in [4.78, 5) is 0. The van der Waals surface area contributed by atoms with Gasteiger partial charge in [-0.1, -0.05) is 60.7 Å². The molecule has 4 rings (SSSR count). The van der Waals surface area contributed by atoms with Crippen LogP contribution in [-0.4, -0.2) is 14.9 Å². The van der Waals surface area contributed by atoms with Crippen LogP contribution in [0, 0.1) is 6.92 Å². The number of thiocarbonyl (C=S) groups is 1. The number of aromatic nitrogens is 2. The Morgan fingerprint density at radius 2 is 1.74 bits per heavy atom. The SMILES string of the molecule is Cc1ccccc1Cn1cc(NC(=S)Nc2cccc3ccccc23)cn1. The summed E-state index contributed by atoms with van der Waals surface area (Å²) < 4.78 is 1.91. The van der Waals surface area contributed by atoms with Gasteiger partial charge in [0, 0.05) is 17.3 Å². The van der Waals surface area contributed by atoms with E-state index in [0.717, 1.165) is 23.3 Å². The zero-order valence-electron chi connectivity index (χ0n) is 15.0. The highest BCUT2D eigenvalue weighted by Gasteiger charge is 2.06. The predicted octanol–water partition coefficient (Wildman–Crippen LogP) is 5.20. The van der Waals surface area contributed by atoms with Crippen LogP contribution in [0.25, 0.3) is 10.8 Å². The van der Waals surface area contributed by atoms with Crippen LogP contribution in [0.1, 0.15) is 11.1 Å². The van der Waals surface area contributed by atoms with Gasteiger partial charge in [0.25, 0.3) is 0 Å². The monoisotopic (exact) mass is 372 g/mol. The molecule has 0 amide bonds. The molecule has 0 radical (unpaired) electrons. The molecule has 0 aliphatic rings. The van der Waals surface area contributed by atoms with Gasteiger partial charge < -0.3 is 10.6 Å². The number of rotatable bonds is 4. The van der Waals surface area contributed by atoms with Crippen molar-refractivity contribution in [3.05, 3.63) is 90.3 Å². The van der Waals surface area contributed by atoms with Crippen LogP contribution < -0.4 is 10.6 Å². The van der Waals surface area contributed by atoms with E-state index in [2.05, 4.69) is 53.0 Å². The van der Waals surface area contributed by atoms with Crippen molar-refractivity contribution in [2.75, 3.05) is 10.6 Å². The van der Waals surface area contributed by atoms with Crippen LogP contribution in [0.5, 0.6) is 0 Å². The maximum absolute atomic E-state index is 5.48. The summed E-state index contributed by atoms with van der Waals surface area (Å²) in [6.45, 7) is 2.85. The molecule has 0 spiro atoms. The normalized spacial score (nSPS) is 10.7. The molecule has 0 unspecified atom stereocenters. The number of nitrogens with one attached hydrogen (secondary N) is 2. The first-order valence-corrected chi connectivity index (χ1v) is 9.22. The third-order valence-corrected chi connectivity index (χ3v) is 4.73. The fourth-order valence-electron chi connectivity index (χ4n) is 3.10. The van der Waals surface area contributed by atoms with Crippen molar-refractivity contribution in [2.45, 2.75) is 13.5 Å². The molecule has 134 valence electrons. The van der Waals surface area contributed by atoms with Gasteiger partial charge in [-0.15, -0.1) is 0 Å². The molecule has 1 aromatic heterocycles. The topological polar surface area (TPSA) is 41.9 Å². The molecular weight excluding hydrogens is 352 g/mol. The summed E-state index contributed by atoms with van der Waals surface area (Å²) in [5.74, 6) is 0. The second kappa shape index (κ2) is 7.60. The Morgan fingerprint density at radius 3 is 2.63 bits per heavy atom. The van der Waals surface area contributed by atoms with Crippen molar-refractivity contribution in [1.82, 2.24) is 9.78 Å². The summed E-state index contributed by atoms with van der Waals surface area (Å²) in [5, 5.41) is 13.8. The summed E-state index contributed by atoms with van der Waals surface area (Å²) in [7, 11) is 0. The summed E-state index contributed by atoms with van der Waals surface area (Å²) >= 11 is 5.48. The minimum Gasteiger partial charge on any atom is -0.332 e. The van der Waals surface area contributed by atoms with Crippen molar-refractivity contribution in [2.24, 2.45) is 0 Å². The Morgan fingerprint density at radius 1 is 0.963 bits per heavy atom. The van der Waals surface area contributed by atoms with Gasteiger partial charge in [-0.05, 0) is 41.7 Å². The third kappa shape index (κ3) is 3.99. The molecule has 2 N–H and O–H groups in total. The van der Waals surface area contributed by atoms with E-state index >= 15 is 0 Å². The molecule has 4 aromatic rings. The smallest absolute Gasteiger partial charge is 0.175 e. The van der Waals surface area contributed by atoms with Gasteiger partial charge in [0.05, 0.1) is 18.4 Å². The molecule has 0 fully saturated rings. The predicted molar refractivity (Wildman–Crippen MR) is 116 cm³/mol. The average Bonchev–Trinajstić information content (AvgIpc) is 3.11. The van der Waals surface area contributed by atoms with Crippen LogP contribution in [0.4, 0.5) is 11.4 Å². The van der Waals surface area contributed by atoms with Gasteiger partial charge in [0.15, 0.2) is 5.11 Å². The second-order valence-corrected chi connectivity index (χ2v) is 6.87. The van der Waals surface area contributed by atoms with Crippen molar-refractivity contribution < 1.29 is 0 Å². The molecule has 0 aliphatic heterocycles. The minimum absolute atomic E-state index is 0.543. The first-order chi connectivity index (χ1) is 13.2. The zero-order valence-corrected chi connectivity index (χ0v) is 15.8. The third-order valence-electron chi connectivity index (χ3n) is 4.52. The number of aryl methyl sites for hydroxylation is 1. The lowest BCUT2D eigenvalue weighted by molar-refractivity contribution is 0.684. The highest BCUT2D eigenvalue weighted by atomic mass is 32.1. The van der Waals surface area contributed by atoms with Gasteiger partial charge in [0.2, 0.25) is 0 Å². The lowest BCUT2D eigenvalue weighted by Gasteiger charge is -2.11. The lowest BCUT2D eigenvalue weighted by atomic mass is 10.1. The fraction of sp³-hybridized carbons (Fsp3) is 0.0909. The molecule has 0 atom stereocenters. The number of hydrogen-bond donors (Lipinski definition) is 2. The van der Waals surface area contributed by atoms with Gasteiger partial charge in [-0.3, -0.25) is 4.68 Å².